The van der Waals surface area contributed by atoms with E-state index in [0.29, 0.717) is 22.7 Å². The maximum atomic E-state index is 10.2. The Hall–Kier alpha value is -0.560. The summed E-state index contributed by atoms with van der Waals surface area (Å²) in [5, 5.41) is 10.2. The van der Waals surface area contributed by atoms with E-state index in [2.05, 4.69) is 47.3 Å². The molecule has 0 heterocycles. The van der Waals surface area contributed by atoms with E-state index >= 15 is 0 Å². The zero-order valence-corrected chi connectivity index (χ0v) is 19.8. The molecule has 1 nitrogen and oxygen atoms in total. The Labute approximate surface area is 180 Å². The van der Waals surface area contributed by atoms with Crippen LogP contribution in [0.2, 0.25) is 0 Å². The first-order chi connectivity index (χ1) is 13.7. The second-order valence-electron chi connectivity index (χ2n) is 12.2. The van der Waals surface area contributed by atoms with Crippen molar-refractivity contribution in [3.05, 3.63) is 23.8 Å². The maximum Gasteiger partial charge on any atom is 0.0543 e. The van der Waals surface area contributed by atoms with Crippen LogP contribution >= 0.6 is 0 Å². The minimum atomic E-state index is -0.0461. The van der Waals surface area contributed by atoms with Crippen LogP contribution in [-0.4, -0.2) is 11.2 Å². The van der Waals surface area contributed by atoms with Crippen molar-refractivity contribution < 1.29 is 5.11 Å². The van der Waals surface area contributed by atoms with Gasteiger partial charge in [-0.2, -0.15) is 0 Å². The summed E-state index contributed by atoms with van der Waals surface area (Å²) in [6.45, 7) is 16.5. The van der Waals surface area contributed by atoms with E-state index in [-0.39, 0.29) is 6.10 Å². The molecule has 0 aromatic heterocycles. The zero-order chi connectivity index (χ0) is 21.0. The standard InChI is InChI=1S/C28H46O/c1-18(2)19(3)7-8-20(4)24-11-12-25-23-10-9-21-17-22(29)13-15-27(21,5)26(23)14-16-28(24,25)6/h10,19-22,24-26,29H,1,7-9,11-17H2,2-6H3/t19-,20+,21-,22-,24+,25-,26-,27-,28+/m0/s1. The van der Waals surface area contributed by atoms with Gasteiger partial charge in [0, 0.05) is 0 Å². The molecule has 4 aliphatic carbocycles. The van der Waals surface area contributed by atoms with Gasteiger partial charge in [-0.05, 0) is 117 Å². The second kappa shape index (κ2) is 7.85. The van der Waals surface area contributed by atoms with E-state index in [9.17, 15) is 5.11 Å². The van der Waals surface area contributed by atoms with Crippen molar-refractivity contribution in [2.24, 2.45) is 46.3 Å². The molecule has 4 rings (SSSR count). The summed E-state index contributed by atoms with van der Waals surface area (Å²) in [7, 11) is 0. The van der Waals surface area contributed by atoms with Crippen molar-refractivity contribution >= 4 is 0 Å². The molecule has 164 valence electrons. The molecule has 0 aromatic rings. The van der Waals surface area contributed by atoms with E-state index in [1.165, 1.54) is 56.9 Å². The lowest BCUT2D eigenvalue weighted by molar-refractivity contribution is -0.0428. The third-order valence-electron chi connectivity index (χ3n) is 10.7. The van der Waals surface area contributed by atoms with Crippen molar-refractivity contribution in [3.8, 4) is 0 Å². The Morgan fingerprint density at radius 3 is 2.48 bits per heavy atom. The molecular weight excluding hydrogens is 352 g/mol. The van der Waals surface area contributed by atoms with Crippen LogP contribution in [0.5, 0.6) is 0 Å². The quantitative estimate of drug-likeness (QED) is 0.474. The number of hydrogen-bond donors (Lipinski definition) is 1. The lowest BCUT2D eigenvalue weighted by atomic mass is 9.47. The van der Waals surface area contributed by atoms with Gasteiger partial charge in [-0.15, -0.1) is 0 Å². The average molecular weight is 399 g/mol. The minimum absolute atomic E-state index is 0.0461. The summed E-state index contributed by atoms with van der Waals surface area (Å²) in [6, 6.07) is 0. The molecule has 4 aliphatic rings. The minimum Gasteiger partial charge on any atom is -0.393 e. The van der Waals surface area contributed by atoms with Gasteiger partial charge in [0.15, 0.2) is 0 Å². The van der Waals surface area contributed by atoms with Gasteiger partial charge in [-0.25, -0.2) is 0 Å². The smallest absolute Gasteiger partial charge is 0.0543 e. The third kappa shape index (κ3) is 3.58. The van der Waals surface area contributed by atoms with Crippen molar-refractivity contribution in [1.29, 1.82) is 0 Å². The SMILES string of the molecule is C=C(C)[C@@H](C)CC[C@@H](C)[C@H]1CC[C@H]2C3=CC[C@H]4C[C@@H](O)CC[C@]4(C)[C@H]3CC[C@]12C. The van der Waals surface area contributed by atoms with Gasteiger partial charge in [0.05, 0.1) is 6.10 Å². The van der Waals surface area contributed by atoms with E-state index < -0.39 is 0 Å². The van der Waals surface area contributed by atoms with Crippen LogP contribution < -0.4 is 0 Å². The van der Waals surface area contributed by atoms with Gasteiger partial charge in [0.2, 0.25) is 0 Å². The van der Waals surface area contributed by atoms with E-state index in [1.807, 2.05) is 5.57 Å². The summed E-state index contributed by atoms with van der Waals surface area (Å²) in [4.78, 5) is 0. The topological polar surface area (TPSA) is 20.2 Å². The second-order valence-corrected chi connectivity index (χ2v) is 12.2. The van der Waals surface area contributed by atoms with Gasteiger partial charge in [0.1, 0.15) is 0 Å². The number of allylic oxidation sites excluding steroid dienone is 3. The van der Waals surface area contributed by atoms with Crippen LogP contribution in [0, 0.1) is 46.3 Å². The van der Waals surface area contributed by atoms with Crippen LogP contribution in [0.3, 0.4) is 0 Å². The highest BCUT2D eigenvalue weighted by Gasteiger charge is 2.58. The summed E-state index contributed by atoms with van der Waals surface area (Å²) in [5.41, 5.74) is 4.18. The molecule has 0 spiro atoms. The van der Waals surface area contributed by atoms with Crippen molar-refractivity contribution in [1.82, 2.24) is 0 Å². The van der Waals surface area contributed by atoms with Crippen molar-refractivity contribution in [2.75, 3.05) is 0 Å². The summed E-state index contributed by atoms with van der Waals surface area (Å²) < 4.78 is 0. The van der Waals surface area contributed by atoms with Crippen LogP contribution in [0.25, 0.3) is 0 Å². The highest BCUT2D eigenvalue weighted by atomic mass is 16.3. The third-order valence-corrected chi connectivity index (χ3v) is 10.7. The molecule has 0 aromatic carbocycles. The Morgan fingerprint density at radius 1 is 1.07 bits per heavy atom. The molecule has 9 atom stereocenters. The molecule has 1 N–H and O–H groups in total. The van der Waals surface area contributed by atoms with Gasteiger partial charge < -0.3 is 5.11 Å². The molecule has 0 amide bonds. The first kappa shape index (κ1) is 21.7. The molecule has 0 radical (unpaired) electrons. The van der Waals surface area contributed by atoms with Crippen molar-refractivity contribution in [3.63, 3.8) is 0 Å². The number of aliphatic hydroxyl groups is 1. The first-order valence-corrected chi connectivity index (χ1v) is 12.7. The Morgan fingerprint density at radius 2 is 1.76 bits per heavy atom. The number of aliphatic hydroxyl groups excluding tert-OH is 1. The van der Waals surface area contributed by atoms with Crippen LogP contribution in [-0.2, 0) is 0 Å². The fourth-order valence-corrected chi connectivity index (χ4v) is 8.43. The normalized spacial score (nSPS) is 46.1. The number of fused-ring (bicyclic) bond motifs is 5. The average Bonchev–Trinajstić information content (AvgIpc) is 3.03. The predicted octanol–water partition coefficient (Wildman–Crippen LogP) is 7.55. The van der Waals surface area contributed by atoms with Crippen molar-refractivity contribution in [2.45, 2.75) is 105 Å². The first-order valence-electron chi connectivity index (χ1n) is 12.7. The van der Waals surface area contributed by atoms with E-state index in [4.69, 9.17) is 0 Å². The summed E-state index contributed by atoms with van der Waals surface area (Å²) in [5.74, 6) is 4.73. The molecule has 29 heavy (non-hydrogen) atoms. The van der Waals surface area contributed by atoms with E-state index in [0.717, 1.165) is 36.5 Å². The molecule has 3 fully saturated rings. The van der Waals surface area contributed by atoms with Gasteiger partial charge in [-0.3, -0.25) is 0 Å². The zero-order valence-electron chi connectivity index (χ0n) is 19.8. The van der Waals surface area contributed by atoms with Crippen LogP contribution in [0.1, 0.15) is 98.8 Å². The summed E-state index contributed by atoms with van der Waals surface area (Å²) in [6.07, 6.45) is 15.5. The van der Waals surface area contributed by atoms with Gasteiger partial charge >= 0.3 is 0 Å². The lowest BCUT2D eigenvalue weighted by Crippen LogP contribution is -2.49. The van der Waals surface area contributed by atoms with Gasteiger partial charge in [0.25, 0.3) is 0 Å². The molecule has 3 saturated carbocycles. The van der Waals surface area contributed by atoms with Crippen LogP contribution in [0.4, 0.5) is 0 Å². The largest absolute Gasteiger partial charge is 0.393 e. The fourth-order valence-electron chi connectivity index (χ4n) is 8.43. The molecule has 0 saturated heterocycles. The van der Waals surface area contributed by atoms with Crippen LogP contribution in [0.15, 0.2) is 23.8 Å². The molecule has 0 unspecified atom stereocenters. The highest BCUT2D eigenvalue weighted by Crippen LogP contribution is 2.66. The fraction of sp³-hybridized carbons (Fsp3) is 0.857. The maximum absolute atomic E-state index is 10.2. The number of rotatable bonds is 5. The Kier molecular flexibility index (Phi) is 5.86. The van der Waals surface area contributed by atoms with Gasteiger partial charge in [-0.1, -0.05) is 51.5 Å². The van der Waals surface area contributed by atoms with E-state index in [1.54, 1.807) is 0 Å². The Balaban J connectivity index is 1.50. The summed E-state index contributed by atoms with van der Waals surface area (Å²) >= 11 is 0. The predicted molar refractivity (Wildman–Crippen MR) is 124 cm³/mol. The molecule has 1 heteroatoms. The molecule has 0 bridgehead atoms. The molecule has 0 aliphatic heterocycles. The monoisotopic (exact) mass is 398 g/mol. The Bertz CT molecular complexity index is 661. The lowest BCUT2D eigenvalue weighted by Gasteiger charge is -2.57. The number of hydrogen-bond acceptors (Lipinski definition) is 1. The highest BCUT2D eigenvalue weighted by molar-refractivity contribution is 5.27. The molecular formula is C28H46O.